The standard InChI is InChI=1S/C67H126O6/c1-4-7-10-13-16-19-22-25-27-28-29-30-31-32-33-34-35-36-37-38-40-42-45-48-51-54-57-60-66(69)72-63-64(62-71-65(68)59-56-53-50-47-44-41-24-21-18-15-12-9-6-3)73-67(70)61-58-55-52-49-46-43-39-26-23-20-17-14-11-8-5-2/h17,20,26,39,64H,4-16,18-19,21-25,27-38,40-63H2,1-3H3/b20-17-,39-26-. The minimum Gasteiger partial charge on any atom is -0.462 e. The molecule has 0 spiro atoms. The predicted octanol–water partition coefficient (Wildman–Crippen LogP) is 22.2. The molecule has 6 nitrogen and oxygen atoms in total. The molecule has 0 aliphatic carbocycles. The van der Waals surface area contributed by atoms with Crippen molar-refractivity contribution < 1.29 is 28.6 Å². The van der Waals surface area contributed by atoms with Gasteiger partial charge in [0.05, 0.1) is 0 Å². The monoisotopic (exact) mass is 1030 g/mol. The van der Waals surface area contributed by atoms with E-state index in [2.05, 4.69) is 45.1 Å². The first-order chi connectivity index (χ1) is 36.0. The maximum absolute atomic E-state index is 12.9. The first-order valence-corrected chi connectivity index (χ1v) is 32.8. The second kappa shape index (κ2) is 62.4. The van der Waals surface area contributed by atoms with Crippen LogP contribution in [0.3, 0.4) is 0 Å². The fourth-order valence-electron chi connectivity index (χ4n) is 10.0. The van der Waals surface area contributed by atoms with E-state index in [1.165, 1.54) is 250 Å². The van der Waals surface area contributed by atoms with Gasteiger partial charge in [0.2, 0.25) is 0 Å². The first kappa shape index (κ1) is 70.9. The lowest BCUT2D eigenvalue weighted by molar-refractivity contribution is -0.167. The van der Waals surface area contributed by atoms with Crippen molar-refractivity contribution in [2.75, 3.05) is 13.2 Å². The second-order valence-electron chi connectivity index (χ2n) is 22.4. The number of carbonyl (C=O) groups excluding carboxylic acids is 3. The van der Waals surface area contributed by atoms with Crippen LogP contribution in [0.4, 0.5) is 0 Å². The molecular formula is C67H126O6. The Morgan fingerprint density at radius 2 is 0.493 bits per heavy atom. The van der Waals surface area contributed by atoms with E-state index in [1.54, 1.807) is 0 Å². The molecule has 0 aromatic carbocycles. The molecule has 0 fully saturated rings. The van der Waals surface area contributed by atoms with Crippen molar-refractivity contribution in [3.63, 3.8) is 0 Å². The number of hydrogen-bond donors (Lipinski definition) is 0. The van der Waals surface area contributed by atoms with E-state index in [4.69, 9.17) is 14.2 Å². The van der Waals surface area contributed by atoms with Gasteiger partial charge in [-0.05, 0) is 51.4 Å². The van der Waals surface area contributed by atoms with Gasteiger partial charge in [-0.25, -0.2) is 0 Å². The minimum atomic E-state index is -0.774. The number of hydrogen-bond acceptors (Lipinski definition) is 6. The van der Waals surface area contributed by atoms with Crippen molar-refractivity contribution in [2.24, 2.45) is 0 Å². The Morgan fingerprint density at radius 1 is 0.274 bits per heavy atom. The molecular weight excluding hydrogens is 901 g/mol. The third-order valence-electron chi connectivity index (χ3n) is 15.0. The SMILES string of the molecule is CCCCC/C=C\C/C=C\CCCCCCCC(=O)OC(COC(=O)CCCCCCCCCCCCCCC)COC(=O)CCCCCCCCCCCCCCCCCCCCCCCCCCCCC. The van der Waals surface area contributed by atoms with E-state index in [-0.39, 0.29) is 31.1 Å². The zero-order valence-electron chi connectivity index (χ0n) is 49.4. The zero-order chi connectivity index (χ0) is 52.9. The molecule has 0 aromatic heterocycles. The number of allylic oxidation sites excluding steroid dienone is 4. The average molecular weight is 1030 g/mol. The number of esters is 3. The van der Waals surface area contributed by atoms with Crippen molar-refractivity contribution >= 4 is 17.9 Å². The minimum absolute atomic E-state index is 0.0712. The van der Waals surface area contributed by atoms with Gasteiger partial charge in [0.25, 0.3) is 0 Å². The summed E-state index contributed by atoms with van der Waals surface area (Å²) in [5.41, 5.74) is 0. The fourth-order valence-corrected chi connectivity index (χ4v) is 10.0. The molecule has 0 heterocycles. The summed E-state index contributed by atoms with van der Waals surface area (Å²) in [5, 5.41) is 0. The van der Waals surface area contributed by atoms with Gasteiger partial charge in [-0.3, -0.25) is 14.4 Å². The quantitative estimate of drug-likeness (QED) is 0.0261. The van der Waals surface area contributed by atoms with Gasteiger partial charge < -0.3 is 14.2 Å². The van der Waals surface area contributed by atoms with Crippen LogP contribution in [0.25, 0.3) is 0 Å². The highest BCUT2D eigenvalue weighted by Crippen LogP contribution is 2.18. The molecule has 0 bridgehead atoms. The molecule has 1 atom stereocenters. The van der Waals surface area contributed by atoms with E-state index in [1.807, 2.05) is 0 Å². The Morgan fingerprint density at radius 3 is 0.781 bits per heavy atom. The third-order valence-corrected chi connectivity index (χ3v) is 15.0. The summed E-state index contributed by atoms with van der Waals surface area (Å²) in [6, 6.07) is 0. The van der Waals surface area contributed by atoms with Crippen LogP contribution in [0.5, 0.6) is 0 Å². The largest absolute Gasteiger partial charge is 0.462 e. The molecule has 0 aliphatic heterocycles. The molecule has 0 amide bonds. The maximum Gasteiger partial charge on any atom is 0.306 e. The Balaban J connectivity index is 4.17. The van der Waals surface area contributed by atoms with E-state index < -0.39 is 6.10 Å². The van der Waals surface area contributed by atoms with E-state index >= 15 is 0 Å². The molecule has 0 radical (unpaired) electrons. The summed E-state index contributed by atoms with van der Waals surface area (Å²) in [7, 11) is 0. The van der Waals surface area contributed by atoms with Crippen LogP contribution >= 0.6 is 0 Å². The highest BCUT2D eigenvalue weighted by Gasteiger charge is 2.19. The molecule has 0 saturated carbocycles. The molecule has 0 N–H and O–H groups in total. The van der Waals surface area contributed by atoms with Gasteiger partial charge in [-0.1, -0.05) is 321 Å². The van der Waals surface area contributed by atoms with Gasteiger partial charge in [-0.2, -0.15) is 0 Å². The molecule has 73 heavy (non-hydrogen) atoms. The summed E-state index contributed by atoms with van der Waals surface area (Å²) >= 11 is 0. The van der Waals surface area contributed by atoms with Gasteiger partial charge in [0.15, 0.2) is 6.10 Å². The fraction of sp³-hybridized carbons (Fsp3) is 0.896. The molecule has 0 aromatic rings. The van der Waals surface area contributed by atoms with Gasteiger partial charge >= 0.3 is 17.9 Å². The summed E-state index contributed by atoms with van der Waals surface area (Å²) in [6.07, 6.45) is 74.9. The lowest BCUT2D eigenvalue weighted by Gasteiger charge is -2.18. The van der Waals surface area contributed by atoms with Crippen molar-refractivity contribution in [1.82, 2.24) is 0 Å². The van der Waals surface area contributed by atoms with E-state index in [0.29, 0.717) is 19.3 Å². The number of carbonyl (C=O) groups is 3. The molecule has 0 saturated heterocycles. The van der Waals surface area contributed by atoms with Crippen molar-refractivity contribution in [2.45, 2.75) is 374 Å². The number of ether oxygens (including phenoxy) is 3. The highest BCUT2D eigenvalue weighted by atomic mass is 16.6. The summed E-state index contributed by atoms with van der Waals surface area (Å²) < 4.78 is 16.9. The average Bonchev–Trinajstić information content (AvgIpc) is 3.39. The van der Waals surface area contributed by atoms with Crippen LogP contribution in [0.15, 0.2) is 24.3 Å². The summed E-state index contributed by atoms with van der Waals surface area (Å²) in [4.78, 5) is 38.2. The number of rotatable bonds is 61. The maximum atomic E-state index is 12.9. The molecule has 430 valence electrons. The number of unbranched alkanes of at least 4 members (excludes halogenated alkanes) is 46. The van der Waals surface area contributed by atoms with Gasteiger partial charge in [0, 0.05) is 19.3 Å². The van der Waals surface area contributed by atoms with Crippen LogP contribution in [0.2, 0.25) is 0 Å². The van der Waals surface area contributed by atoms with Crippen LogP contribution < -0.4 is 0 Å². The highest BCUT2D eigenvalue weighted by molar-refractivity contribution is 5.71. The first-order valence-electron chi connectivity index (χ1n) is 32.8. The normalized spacial score (nSPS) is 12.1. The lowest BCUT2D eigenvalue weighted by atomic mass is 10.0. The Bertz CT molecular complexity index is 1180. The van der Waals surface area contributed by atoms with Crippen LogP contribution in [-0.2, 0) is 28.6 Å². The second-order valence-corrected chi connectivity index (χ2v) is 22.4. The predicted molar refractivity (Wildman–Crippen MR) is 316 cm³/mol. The molecule has 0 rings (SSSR count). The van der Waals surface area contributed by atoms with Gasteiger partial charge in [0.1, 0.15) is 13.2 Å². The van der Waals surface area contributed by atoms with Gasteiger partial charge in [-0.15, -0.1) is 0 Å². The van der Waals surface area contributed by atoms with Crippen LogP contribution in [0, 0.1) is 0 Å². The van der Waals surface area contributed by atoms with Crippen molar-refractivity contribution in [3.05, 3.63) is 24.3 Å². The Hall–Kier alpha value is -2.11. The zero-order valence-corrected chi connectivity index (χ0v) is 49.4. The Labute approximate surface area is 455 Å². The van der Waals surface area contributed by atoms with Crippen LogP contribution in [-0.4, -0.2) is 37.2 Å². The smallest absolute Gasteiger partial charge is 0.306 e. The van der Waals surface area contributed by atoms with Crippen LogP contribution in [0.1, 0.15) is 367 Å². The summed E-state index contributed by atoms with van der Waals surface area (Å²) in [5.74, 6) is -0.859. The topological polar surface area (TPSA) is 78.9 Å². The molecule has 6 heteroatoms. The third kappa shape index (κ3) is 60.6. The summed E-state index contributed by atoms with van der Waals surface area (Å²) in [6.45, 7) is 6.67. The lowest BCUT2D eigenvalue weighted by Crippen LogP contribution is -2.30. The Kier molecular flexibility index (Phi) is 60.6. The van der Waals surface area contributed by atoms with Crippen molar-refractivity contribution in [1.29, 1.82) is 0 Å². The van der Waals surface area contributed by atoms with E-state index in [0.717, 1.165) is 77.0 Å². The molecule has 0 aliphatic rings. The van der Waals surface area contributed by atoms with Crippen molar-refractivity contribution in [3.8, 4) is 0 Å². The van der Waals surface area contributed by atoms with E-state index in [9.17, 15) is 14.4 Å². The molecule has 1 unspecified atom stereocenters.